The van der Waals surface area contributed by atoms with Crippen LogP contribution in [0.15, 0.2) is 40.8 Å². The summed E-state index contributed by atoms with van der Waals surface area (Å²) in [5, 5.41) is 3.45. The molecule has 0 saturated carbocycles. The molecule has 3 rings (SSSR count). The summed E-state index contributed by atoms with van der Waals surface area (Å²) < 4.78 is 10.9. The molecule has 1 amide bonds. The van der Waals surface area contributed by atoms with Crippen LogP contribution in [0.2, 0.25) is 0 Å². The number of nitrogens with zero attached hydrogens (tertiary/aromatic N) is 1. The summed E-state index contributed by atoms with van der Waals surface area (Å²) in [6, 6.07) is 11.4. The van der Waals surface area contributed by atoms with Crippen LogP contribution in [0, 0.1) is 5.92 Å². The number of hydrogen-bond acceptors (Lipinski definition) is 5. The summed E-state index contributed by atoms with van der Waals surface area (Å²) in [7, 11) is 0. The maximum Gasteiger partial charge on any atom is 0.410 e. The molecule has 0 radical (unpaired) electrons. The number of furan rings is 1. The van der Waals surface area contributed by atoms with Crippen molar-refractivity contribution in [3.63, 3.8) is 0 Å². The van der Waals surface area contributed by atoms with Crippen LogP contribution in [0.4, 0.5) is 10.5 Å². The van der Waals surface area contributed by atoms with Crippen molar-refractivity contribution in [1.29, 1.82) is 0 Å². The largest absolute Gasteiger partial charge is 0.453 e. The van der Waals surface area contributed by atoms with Crippen molar-refractivity contribution < 1.29 is 18.7 Å². The molecule has 1 saturated heterocycles. The quantitative estimate of drug-likeness (QED) is 0.749. The fourth-order valence-corrected chi connectivity index (χ4v) is 3.31. The van der Waals surface area contributed by atoms with Crippen LogP contribution in [-0.4, -0.2) is 42.5 Å². The molecule has 6 heteroatoms. The monoisotopic (exact) mass is 384 g/mol. The average molecular weight is 384 g/mol. The summed E-state index contributed by atoms with van der Waals surface area (Å²) in [4.78, 5) is 24.8. The third-order valence-electron chi connectivity index (χ3n) is 4.68. The maximum atomic E-state index is 12.3. The van der Waals surface area contributed by atoms with Crippen LogP contribution in [0.25, 0.3) is 11.3 Å². The molecule has 1 N–H and O–H groups in total. The number of anilines is 1. The van der Waals surface area contributed by atoms with Gasteiger partial charge in [0, 0.05) is 30.9 Å². The standard InChI is InChI=1S/C22H28N2O4/c1-22(2,3)28-21(26)24-12-4-5-16(14-24)13-23-18-8-6-17(7-9-18)20-11-10-19(15-25)27-20/h6-11,15-16,23H,4-5,12-14H2,1-3H3. The number of carbonyl (C=O) groups excluding carboxylic acids is 2. The highest BCUT2D eigenvalue weighted by atomic mass is 16.6. The van der Waals surface area contributed by atoms with Crippen molar-refractivity contribution in [2.75, 3.05) is 25.0 Å². The Bertz CT molecular complexity index is 805. The summed E-state index contributed by atoms with van der Waals surface area (Å²) in [5.41, 5.74) is 1.47. The molecule has 0 aliphatic carbocycles. The Hall–Kier alpha value is -2.76. The molecule has 1 aliphatic rings. The highest BCUT2D eigenvalue weighted by molar-refractivity contribution is 5.73. The number of piperidine rings is 1. The molecule has 0 spiro atoms. The van der Waals surface area contributed by atoms with Gasteiger partial charge in [-0.05, 0) is 75.9 Å². The fraction of sp³-hybridized carbons (Fsp3) is 0.455. The van der Waals surface area contributed by atoms with Gasteiger partial charge in [0.05, 0.1) is 0 Å². The highest BCUT2D eigenvalue weighted by Gasteiger charge is 2.27. The Labute approximate surface area is 165 Å². The summed E-state index contributed by atoms with van der Waals surface area (Å²) in [6.07, 6.45) is 2.55. The van der Waals surface area contributed by atoms with Crippen molar-refractivity contribution in [3.05, 3.63) is 42.2 Å². The Morgan fingerprint density at radius 3 is 2.64 bits per heavy atom. The number of carbonyl (C=O) groups is 2. The number of ether oxygens (including phenoxy) is 1. The Morgan fingerprint density at radius 1 is 1.25 bits per heavy atom. The second kappa shape index (κ2) is 8.50. The molecule has 0 bridgehead atoms. The van der Waals surface area contributed by atoms with Crippen molar-refractivity contribution in [3.8, 4) is 11.3 Å². The first-order chi connectivity index (χ1) is 13.3. The minimum atomic E-state index is -0.468. The fourth-order valence-electron chi connectivity index (χ4n) is 3.31. The first kappa shape index (κ1) is 20.0. The maximum absolute atomic E-state index is 12.3. The first-order valence-electron chi connectivity index (χ1n) is 9.71. The van der Waals surface area contributed by atoms with Crippen LogP contribution < -0.4 is 5.32 Å². The summed E-state index contributed by atoms with van der Waals surface area (Å²) >= 11 is 0. The van der Waals surface area contributed by atoms with E-state index in [1.807, 2.05) is 49.9 Å². The van der Waals surface area contributed by atoms with E-state index in [1.54, 1.807) is 12.1 Å². The molecule has 2 heterocycles. The lowest BCUT2D eigenvalue weighted by Crippen LogP contribution is -2.44. The van der Waals surface area contributed by atoms with E-state index in [0.717, 1.165) is 37.2 Å². The van der Waals surface area contributed by atoms with E-state index < -0.39 is 5.60 Å². The third-order valence-corrected chi connectivity index (χ3v) is 4.68. The van der Waals surface area contributed by atoms with Gasteiger partial charge in [0.1, 0.15) is 11.4 Å². The molecule has 28 heavy (non-hydrogen) atoms. The Kier molecular flexibility index (Phi) is 6.07. The lowest BCUT2D eigenvalue weighted by Gasteiger charge is -2.34. The van der Waals surface area contributed by atoms with Gasteiger partial charge in [0.2, 0.25) is 0 Å². The molecule has 1 aliphatic heterocycles. The van der Waals surface area contributed by atoms with Crippen molar-refractivity contribution in [1.82, 2.24) is 4.90 Å². The van der Waals surface area contributed by atoms with Crippen molar-refractivity contribution in [2.45, 2.75) is 39.2 Å². The lowest BCUT2D eigenvalue weighted by atomic mass is 9.98. The molecule has 1 aromatic carbocycles. The molecular weight excluding hydrogens is 356 g/mol. The van der Waals surface area contributed by atoms with Gasteiger partial charge >= 0.3 is 6.09 Å². The van der Waals surface area contributed by atoms with Crippen molar-refractivity contribution >= 4 is 18.1 Å². The minimum Gasteiger partial charge on any atom is -0.453 e. The normalized spacial score (nSPS) is 17.2. The van der Waals surface area contributed by atoms with E-state index in [-0.39, 0.29) is 6.09 Å². The molecule has 1 fully saturated rings. The smallest absolute Gasteiger partial charge is 0.410 e. The SMILES string of the molecule is CC(C)(C)OC(=O)N1CCCC(CNc2ccc(-c3ccc(C=O)o3)cc2)C1. The third kappa shape index (κ3) is 5.38. The predicted octanol–water partition coefficient (Wildman–Crippen LogP) is 4.82. The van der Waals surface area contributed by atoms with Gasteiger partial charge in [-0.3, -0.25) is 4.79 Å². The van der Waals surface area contributed by atoms with Gasteiger partial charge in [-0.25, -0.2) is 4.79 Å². The minimum absolute atomic E-state index is 0.227. The Morgan fingerprint density at radius 2 is 2.00 bits per heavy atom. The highest BCUT2D eigenvalue weighted by Crippen LogP contribution is 2.24. The number of rotatable bonds is 5. The van der Waals surface area contributed by atoms with Gasteiger partial charge in [-0.1, -0.05) is 0 Å². The molecule has 150 valence electrons. The summed E-state index contributed by atoms with van der Waals surface area (Å²) in [5.74, 6) is 1.39. The van der Waals surface area contributed by atoms with Crippen LogP contribution >= 0.6 is 0 Å². The van der Waals surface area contributed by atoms with Gasteiger partial charge in [-0.2, -0.15) is 0 Å². The molecule has 1 atom stereocenters. The first-order valence-corrected chi connectivity index (χ1v) is 9.71. The lowest BCUT2D eigenvalue weighted by molar-refractivity contribution is 0.0172. The number of amides is 1. The van der Waals surface area contributed by atoms with Gasteiger partial charge < -0.3 is 19.4 Å². The number of aldehydes is 1. The topological polar surface area (TPSA) is 71.8 Å². The van der Waals surface area contributed by atoms with Crippen molar-refractivity contribution in [2.24, 2.45) is 5.92 Å². The van der Waals surface area contributed by atoms with E-state index in [1.165, 1.54) is 0 Å². The van der Waals surface area contributed by atoms with Crippen LogP contribution in [0.3, 0.4) is 0 Å². The van der Waals surface area contributed by atoms with E-state index in [9.17, 15) is 9.59 Å². The van der Waals surface area contributed by atoms with E-state index >= 15 is 0 Å². The molecule has 1 aromatic heterocycles. The zero-order chi connectivity index (χ0) is 20.1. The zero-order valence-electron chi connectivity index (χ0n) is 16.7. The number of nitrogens with one attached hydrogen (secondary N) is 1. The summed E-state index contributed by atoms with van der Waals surface area (Å²) in [6.45, 7) is 7.93. The number of benzene rings is 1. The number of hydrogen-bond donors (Lipinski definition) is 1. The van der Waals surface area contributed by atoms with Crippen LogP contribution in [0.5, 0.6) is 0 Å². The van der Waals surface area contributed by atoms with E-state index in [4.69, 9.17) is 9.15 Å². The molecule has 6 nitrogen and oxygen atoms in total. The second-order valence-electron chi connectivity index (χ2n) is 8.21. The van der Waals surface area contributed by atoms with Gasteiger partial charge in [0.15, 0.2) is 12.0 Å². The van der Waals surface area contributed by atoms with E-state index in [0.29, 0.717) is 30.3 Å². The predicted molar refractivity (Wildman–Crippen MR) is 109 cm³/mol. The Balaban J connectivity index is 1.52. The molecule has 2 aromatic rings. The average Bonchev–Trinajstić information content (AvgIpc) is 3.15. The molecule has 1 unspecified atom stereocenters. The van der Waals surface area contributed by atoms with Crippen LogP contribution in [-0.2, 0) is 4.74 Å². The molecular formula is C22H28N2O4. The van der Waals surface area contributed by atoms with Gasteiger partial charge in [0.25, 0.3) is 0 Å². The van der Waals surface area contributed by atoms with Gasteiger partial charge in [-0.15, -0.1) is 0 Å². The zero-order valence-corrected chi connectivity index (χ0v) is 16.7. The second-order valence-corrected chi connectivity index (χ2v) is 8.21. The van der Waals surface area contributed by atoms with E-state index in [2.05, 4.69) is 5.32 Å². The van der Waals surface area contributed by atoms with Crippen LogP contribution in [0.1, 0.15) is 44.2 Å². The number of likely N-dealkylation sites (tertiary alicyclic amines) is 1.